The molecule has 0 aliphatic rings. The Morgan fingerprint density at radius 2 is 2.19 bits per heavy atom. The Bertz CT molecular complexity index is 574. The average Bonchev–Trinajstić information content (AvgIpc) is 2.88. The van der Waals surface area contributed by atoms with Crippen LogP contribution in [0.1, 0.15) is 17.3 Å². The molecular weight excluding hydrogens is 338 g/mol. The second-order valence-corrected chi connectivity index (χ2v) is 5.26. The summed E-state index contributed by atoms with van der Waals surface area (Å²) in [6.07, 6.45) is 0. The first kappa shape index (κ1) is 15.9. The van der Waals surface area contributed by atoms with Crippen LogP contribution >= 0.6 is 15.9 Å². The lowest BCUT2D eigenvalue weighted by Gasteiger charge is -2.12. The van der Waals surface area contributed by atoms with Crippen molar-refractivity contribution in [3.05, 3.63) is 40.0 Å². The summed E-state index contributed by atoms with van der Waals surface area (Å²) in [5.41, 5.74) is 1.05. The fourth-order valence-electron chi connectivity index (χ4n) is 1.78. The van der Waals surface area contributed by atoms with E-state index in [2.05, 4.69) is 31.4 Å². The number of aryl methyl sites for hydroxylation is 1. The molecule has 0 radical (unpaired) electrons. The van der Waals surface area contributed by atoms with Gasteiger partial charge in [0.15, 0.2) is 6.61 Å². The molecule has 1 heterocycles. The smallest absolute Gasteiger partial charge is 0.253 e. The zero-order chi connectivity index (χ0) is 15.1. The highest BCUT2D eigenvalue weighted by atomic mass is 79.9. The van der Waals surface area contributed by atoms with Crippen LogP contribution in [-0.2, 0) is 17.9 Å². The van der Waals surface area contributed by atoms with Gasteiger partial charge in [0.2, 0.25) is 5.89 Å². The Hall–Kier alpha value is -1.44. The van der Waals surface area contributed by atoms with E-state index in [1.807, 2.05) is 18.2 Å². The fraction of sp³-hybridized carbons (Fsp3) is 0.429. The number of aromatic nitrogens is 2. The third kappa shape index (κ3) is 4.80. The second kappa shape index (κ2) is 8.11. The summed E-state index contributed by atoms with van der Waals surface area (Å²) >= 11 is 3.50. The normalized spacial score (nSPS) is 10.8. The molecule has 114 valence electrons. The maximum atomic E-state index is 5.81. The van der Waals surface area contributed by atoms with Crippen LogP contribution in [0.3, 0.4) is 0 Å². The van der Waals surface area contributed by atoms with Crippen molar-refractivity contribution in [2.45, 2.75) is 20.1 Å². The van der Waals surface area contributed by atoms with Crippen LogP contribution in [0.4, 0.5) is 0 Å². The minimum atomic E-state index is 0.245. The van der Waals surface area contributed by atoms with E-state index in [1.165, 1.54) is 0 Å². The van der Waals surface area contributed by atoms with Gasteiger partial charge in [-0.2, -0.15) is 0 Å². The molecule has 6 nitrogen and oxygen atoms in total. The number of nitrogens with zero attached hydrogens (tertiary/aromatic N) is 2. The van der Waals surface area contributed by atoms with Crippen LogP contribution in [0.15, 0.2) is 27.1 Å². The van der Waals surface area contributed by atoms with Crippen LogP contribution in [0.5, 0.6) is 5.75 Å². The Morgan fingerprint density at radius 3 is 2.90 bits per heavy atom. The van der Waals surface area contributed by atoms with Gasteiger partial charge in [-0.1, -0.05) is 12.1 Å². The maximum absolute atomic E-state index is 5.81. The zero-order valence-electron chi connectivity index (χ0n) is 12.1. The van der Waals surface area contributed by atoms with E-state index in [0.29, 0.717) is 24.9 Å². The van der Waals surface area contributed by atoms with Crippen LogP contribution < -0.4 is 10.1 Å². The molecule has 0 unspecified atom stereocenters. The van der Waals surface area contributed by atoms with Gasteiger partial charge in [-0.05, 0) is 22.0 Å². The van der Waals surface area contributed by atoms with E-state index in [-0.39, 0.29) is 6.61 Å². The molecule has 0 amide bonds. The van der Waals surface area contributed by atoms with Crippen molar-refractivity contribution in [3.63, 3.8) is 0 Å². The predicted molar refractivity (Wildman–Crippen MR) is 81.1 cm³/mol. The van der Waals surface area contributed by atoms with E-state index >= 15 is 0 Å². The van der Waals surface area contributed by atoms with Gasteiger partial charge in [0, 0.05) is 32.7 Å². The molecule has 1 aromatic carbocycles. The molecule has 1 aromatic heterocycles. The largest absolute Gasteiger partial charge is 0.482 e. The van der Waals surface area contributed by atoms with Crippen molar-refractivity contribution in [2.24, 2.45) is 0 Å². The van der Waals surface area contributed by atoms with Crippen LogP contribution in [-0.4, -0.2) is 30.5 Å². The molecule has 1 N–H and O–H groups in total. The maximum Gasteiger partial charge on any atom is 0.253 e. The molecule has 0 aliphatic carbocycles. The molecule has 0 fully saturated rings. The number of methoxy groups -OCH3 is 1. The summed E-state index contributed by atoms with van der Waals surface area (Å²) in [4.78, 5) is 0. The SMILES string of the molecule is COCCNCc1cccc(Br)c1OCc1nnc(C)o1. The number of benzene rings is 1. The molecular formula is C14H18BrN3O3. The second-order valence-electron chi connectivity index (χ2n) is 4.40. The molecule has 0 atom stereocenters. The van der Waals surface area contributed by atoms with Crippen LogP contribution in [0.2, 0.25) is 0 Å². The molecule has 21 heavy (non-hydrogen) atoms. The molecule has 2 rings (SSSR count). The van der Waals surface area contributed by atoms with Crippen molar-refractivity contribution in [1.29, 1.82) is 0 Å². The van der Waals surface area contributed by atoms with E-state index in [1.54, 1.807) is 14.0 Å². The fourth-order valence-corrected chi connectivity index (χ4v) is 2.30. The summed E-state index contributed by atoms with van der Waals surface area (Å²) in [6.45, 7) is 4.15. The van der Waals surface area contributed by atoms with Crippen LogP contribution in [0.25, 0.3) is 0 Å². The van der Waals surface area contributed by atoms with E-state index in [4.69, 9.17) is 13.9 Å². The quantitative estimate of drug-likeness (QED) is 0.733. The third-order valence-corrected chi connectivity index (χ3v) is 3.38. The molecule has 2 aromatic rings. The molecule has 0 saturated heterocycles. The third-order valence-electron chi connectivity index (χ3n) is 2.75. The summed E-state index contributed by atoms with van der Waals surface area (Å²) < 4.78 is 17.0. The monoisotopic (exact) mass is 355 g/mol. The Balaban J connectivity index is 1.99. The zero-order valence-corrected chi connectivity index (χ0v) is 13.6. The lowest BCUT2D eigenvalue weighted by Crippen LogP contribution is -2.19. The number of hydrogen-bond acceptors (Lipinski definition) is 6. The van der Waals surface area contributed by atoms with Gasteiger partial charge >= 0.3 is 0 Å². The predicted octanol–water partition coefficient (Wildman–Crippen LogP) is 2.46. The van der Waals surface area contributed by atoms with Gasteiger partial charge in [0.25, 0.3) is 5.89 Å². The van der Waals surface area contributed by atoms with Crippen LogP contribution in [0, 0.1) is 6.92 Å². The molecule has 7 heteroatoms. The Labute approximate surface area is 132 Å². The highest BCUT2D eigenvalue weighted by Crippen LogP contribution is 2.29. The van der Waals surface area contributed by atoms with Gasteiger partial charge in [-0.15, -0.1) is 10.2 Å². The highest BCUT2D eigenvalue weighted by Gasteiger charge is 2.10. The minimum absolute atomic E-state index is 0.245. The number of ether oxygens (including phenoxy) is 2. The number of nitrogens with one attached hydrogen (secondary N) is 1. The lowest BCUT2D eigenvalue weighted by molar-refractivity contribution is 0.199. The van der Waals surface area contributed by atoms with Crippen molar-refractivity contribution in [1.82, 2.24) is 15.5 Å². The average molecular weight is 356 g/mol. The number of rotatable bonds is 8. The van der Waals surface area contributed by atoms with E-state index < -0.39 is 0 Å². The van der Waals surface area contributed by atoms with Crippen molar-refractivity contribution >= 4 is 15.9 Å². The first-order chi connectivity index (χ1) is 10.2. The molecule has 0 bridgehead atoms. The van der Waals surface area contributed by atoms with Crippen molar-refractivity contribution in [2.75, 3.05) is 20.3 Å². The van der Waals surface area contributed by atoms with Crippen molar-refractivity contribution < 1.29 is 13.9 Å². The van der Waals surface area contributed by atoms with Gasteiger partial charge in [0.05, 0.1) is 11.1 Å². The molecule has 0 aliphatic heterocycles. The van der Waals surface area contributed by atoms with Crippen molar-refractivity contribution in [3.8, 4) is 5.75 Å². The summed E-state index contributed by atoms with van der Waals surface area (Å²) in [5, 5.41) is 11.0. The van der Waals surface area contributed by atoms with E-state index in [9.17, 15) is 0 Å². The Morgan fingerprint density at radius 1 is 1.33 bits per heavy atom. The minimum Gasteiger partial charge on any atom is -0.482 e. The summed E-state index contributed by atoms with van der Waals surface area (Å²) in [7, 11) is 1.68. The summed E-state index contributed by atoms with van der Waals surface area (Å²) in [5.74, 6) is 1.77. The highest BCUT2D eigenvalue weighted by molar-refractivity contribution is 9.10. The lowest BCUT2D eigenvalue weighted by atomic mass is 10.2. The molecule has 0 spiro atoms. The topological polar surface area (TPSA) is 69.4 Å². The Kier molecular flexibility index (Phi) is 6.16. The summed E-state index contributed by atoms with van der Waals surface area (Å²) in [6, 6.07) is 5.92. The van der Waals surface area contributed by atoms with Gasteiger partial charge in [0.1, 0.15) is 5.75 Å². The van der Waals surface area contributed by atoms with Gasteiger partial charge in [-0.25, -0.2) is 0 Å². The number of hydrogen-bond donors (Lipinski definition) is 1. The van der Waals surface area contributed by atoms with Gasteiger partial charge in [-0.3, -0.25) is 0 Å². The first-order valence-electron chi connectivity index (χ1n) is 6.59. The van der Waals surface area contributed by atoms with E-state index in [0.717, 1.165) is 22.3 Å². The number of para-hydroxylation sites is 1. The molecule has 0 saturated carbocycles. The standard InChI is InChI=1S/C14H18BrN3O3/c1-10-17-18-13(21-10)9-20-14-11(4-3-5-12(14)15)8-16-6-7-19-2/h3-5,16H,6-9H2,1-2H3. The number of halogens is 1. The first-order valence-corrected chi connectivity index (χ1v) is 7.39. The van der Waals surface area contributed by atoms with Gasteiger partial charge < -0.3 is 19.2 Å².